The Morgan fingerprint density at radius 2 is 1.25 bits per heavy atom. The molecule has 0 N–H and O–H groups in total. The second-order valence-corrected chi connectivity index (χ2v) is 11.5. The van der Waals surface area contributed by atoms with Crippen LogP contribution in [0.4, 0.5) is 0 Å². The Balaban J connectivity index is 1.69. The van der Waals surface area contributed by atoms with Gasteiger partial charge in [-0.2, -0.15) is 0 Å². The van der Waals surface area contributed by atoms with Crippen molar-refractivity contribution in [1.29, 1.82) is 0 Å². The van der Waals surface area contributed by atoms with E-state index in [9.17, 15) is 9.59 Å². The molecule has 2 fully saturated rings. The van der Waals surface area contributed by atoms with E-state index in [1.807, 2.05) is 47.0 Å². The Kier molecular flexibility index (Phi) is 7.97. The molecule has 2 aliphatic rings. The predicted octanol–water partition coefficient (Wildman–Crippen LogP) is 3.57. The first kappa shape index (κ1) is 20.1. The van der Waals surface area contributed by atoms with Gasteiger partial charge >= 0.3 is 11.9 Å². The Bertz CT molecular complexity index is 476. The summed E-state index contributed by atoms with van der Waals surface area (Å²) in [5.41, 5.74) is 0.882. The molecule has 8 heteroatoms. The first-order valence-electron chi connectivity index (χ1n) is 7.56. The average molecular weight is 407 g/mol. The van der Waals surface area contributed by atoms with Crippen molar-refractivity contribution < 1.29 is 19.1 Å². The van der Waals surface area contributed by atoms with Gasteiger partial charge in [0.2, 0.25) is 0 Å². The number of carbonyl (C=O) groups is 2. The quantitative estimate of drug-likeness (QED) is 0.470. The standard InChI is InChI=1S/C16H22O4S4/c1-9(2)13(17)19-5-11-7-21-15(23-11)16-22-8-12(24-16)6-20-14(18)10(3)4/h11-12,15-16H,1,3,5-8H2,2,4H3. The lowest BCUT2D eigenvalue weighted by atomic mass is 10.4. The summed E-state index contributed by atoms with van der Waals surface area (Å²) in [7, 11) is 0. The van der Waals surface area contributed by atoms with Gasteiger partial charge in [0.1, 0.15) is 13.2 Å². The average Bonchev–Trinajstić information content (AvgIpc) is 3.18. The van der Waals surface area contributed by atoms with Crippen molar-refractivity contribution in [2.75, 3.05) is 24.7 Å². The molecule has 2 aliphatic heterocycles. The lowest BCUT2D eigenvalue weighted by Crippen LogP contribution is -2.17. The number of rotatable bonds is 7. The van der Waals surface area contributed by atoms with Crippen LogP contribution in [0.15, 0.2) is 24.3 Å². The van der Waals surface area contributed by atoms with Gasteiger partial charge in [-0.1, -0.05) is 13.2 Å². The number of hydrogen-bond acceptors (Lipinski definition) is 8. The van der Waals surface area contributed by atoms with Crippen LogP contribution in [0.25, 0.3) is 0 Å². The van der Waals surface area contributed by atoms with Crippen LogP contribution in [0.2, 0.25) is 0 Å². The molecule has 2 heterocycles. The summed E-state index contributed by atoms with van der Waals surface area (Å²) < 4.78 is 11.5. The van der Waals surface area contributed by atoms with E-state index in [1.165, 1.54) is 0 Å². The largest absolute Gasteiger partial charge is 0.461 e. The second-order valence-electron chi connectivity index (χ2n) is 5.68. The third-order valence-electron chi connectivity index (χ3n) is 3.27. The van der Waals surface area contributed by atoms with Gasteiger partial charge in [0.15, 0.2) is 0 Å². The van der Waals surface area contributed by atoms with Crippen LogP contribution in [-0.2, 0) is 19.1 Å². The molecular weight excluding hydrogens is 384 g/mol. The molecule has 4 atom stereocenters. The van der Waals surface area contributed by atoms with Crippen molar-refractivity contribution in [3.63, 3.8) is 0 Å². The van der Waals surface area contributed by atoms with E-state index in [0.29, 0.717) is 44.0 Å². The Morgan fingerprint density at radius 3 is 1.58 bits per heavy atom. The fourth-order valence-electron chi connectivity index (χ4n) is 1.98. The van der Waals surface area contributed by atoms with E-state index in [0.717, 1.165) is 11.5 Å². The van der Waals surface area contributed by atoms with Crippen molar-refractivity contribution >= 4 is 59.0 Å². The first-order valence-corrected chi connectivity index (χ1v) is 11.5. The van der Waals surface area contributed by atoms with E-state index in [4.69, 9.17) is 9.47 Å². The van der Waals surface area contributed by atoms with Crippen LogP contribution in [0.5, 0.6) is 0 Å². The molecule has 0 aromatic rings. The maximum Gasteiger partial charge on any atom is 0.333 e. The van der Waals surface area contributed by atoms with E-state index < -0.39 is 0 Å². The van der Waals surface area contributed by atoms with E-state index in [2.05, 4.69) is 13.2 Å². The molecule has 0 aromatic carbocycles. The highest BCUT2D eigenvalue weighted by molar-refractivity contribution is 8.26. The summed E-state index contributed by atoms with van der Waals surface area (Å²) >= 11 is 7.62. The molecule has 4 nitrogen and oxygen atoms in total. The normalized spacial score (nSPS) is 29.2. The molecule has 0 saturated carbocycles. The minimum atomic E-state index is -0.312. The molecule has 2 rings (SSSR count). The lowest BCUT2D eigenvalue weighted by Gasteiger charge is -2.17. The summed E-state index contributed by atoms with van der Waals surface area (Å²) in [6.45, 7) is 11.4. The number of ether oxygens (including phenoxy) is 2. The monoisotopic (exact) mass is 406 g/mol. The van der Waals surface area contributed by atoms with E-state index in [1.54, 1.807) is 13.8 Å². The lowest BCUT2D eigenvalue weighted by molar-refractivity contribution is -0.139. The molecule has 4 unspecified atom stereocenters. The highest BCUT2D eigenvalue weighted by Gasteiger charge is 2.38. The molecule has 0 bridgehead atoms. The molecule has 0 radical (unpaired) electrons. The smallest absolute Gasteiger partial charge is 0.333 e. The number of thioether (sulfide) groups is 4. The van der Waals surface area contributed by atoms with Gasteiger partial charge in [-0.3, -0.25) is 0 Å². The van der Waals surface area contributed by atoms with Gasteiger partial charge in [-0.05, 0) is 13.8 Å². The van der Waals surface area contributed by atoms with Crippen LogP contribution in [-0.4, -0.2) is 56.3 Å². The molecule has 0 aromatic heterocycles. The van der Waals surface area contributed by atoms with Crippen LogP contribution >= 0.6 is 47.0 Å². The summed E-state index contributed by atoms with van der Waals surface area (Å²) in [5.74, 6) is 1.36. The first-order chi connectivity index (χ1) is 11.4. The summed E-state index contributed by atoms with van der Waals surface area (Å²) in [4.78, 5) is 22.9. The topological polar surface area (TPSA) is 52.6 Å². The minimum Gasteiger partial charge on any atom is -0.461 e. The van der Waals surface area contributed by atoms with Crippen LogP contribution < -0.4 is 0 Å². The van der Waals surface area contributed by atoms with Gasteiger partial charge in [0.05, 0.1) is 9.16 Å². The number of hydrogen-bond donors (Lipinski definition) is 0. The van der Waals surface area contributed by atoms with Gasteiger partial charge in [-0.25, -0.2) is 9.59 Å². The zero-order valence-electron chi connectivity index (χ0n) is 13.8. The molecular formula is C16H22O4S4. The number of carbonyl (C=O) groups excluding carboxylic acids is 2. The fraction of sp³-hybridized carbons (Fsp3) is 0.625. The third kappa shape index (κ3) is 5.97. The molecule has 0 spiro atoms. The third-order valence-corrected chi connectivity index (χ3v) is 10.7. The Labute approximate surface area is 160 Å². The SMILES string of the molecule is C=C(C)C(=O)OCC1CSC(C2SCC(COC(=O)C(=C)C)S2)S1. The zero-order chi connectivity index (χ0) is 17.7. The minimum absolute atomic E-state index is 0.312. The van der Waals surface area contributed by atoms with E-state index >= 15 is 0 Å². The van der Waals surface area contributed by atoms with Crippen molar-refractivity contribution in [2.24, 2.45) is 0 Å². The summed E-state index contributed by atoms with van der Waals surface area (Å²) in [6.07, 6.45) is 0. The highest BCUT2D eigenvalue weighted by Crippen LogP contribution is 2.51. The Hall–Kier alpha value is -0.180. The van der Waals surface area contributed by atoms with E-state index in [-0.39, 0.29) is 11.9 Å². The maximum absolute atomic E-state index is 11.5. The molecule has 0 amide bonds. The molecule has 134 valence electrons. The van der Waals surface area contributed by atoms with Crippen molar-refractivity contribution in [1.82, 2.24) is 0 Å². The maximum atomic E-state index is 11.5. The van der Waals surface area contributed by atoms with Crippen LogP contribution in [0.1, 0.15) is 13.8 Å². The molecule has 24 heavy (non-hydrogen) atoms. The van der Waals surface area contributed by atoms with Crippen molar-refractivity contribution in [3.8, 4) is 0 Å². The van der Waals surface area contributed by atoms with Crippen LogP contribution in [0.3, 0.4) is 0 Å². The molecule has 2 saturated heterocycles. The Morgan fingerprint density at radius 1 is 0.875 bits per heavy atom. The van der Waals surface area contributed by atoms with Gasteiger partial charge in [0, 0.05) is 33.2 Å². The van der Waals surface area contributed by atoms with Gasteiger partial charge < -0.3 is 9.47 Å². The van der Waals surface area contributed by atoms with Crippen LogP contribution in [0, 0.1) is 0 Å². The second kappa shape index (κ2) is 9.50. The zero-order valence-corrected chi connectivity index (χ0v) is 17.1. The van der Waals surface area contributed by atoms with Crippen molar-refractivity contribution in [3.05, 3.63) is 24.3 Å². The van der Waals surface area contributed by atoms with Gasteiger partial charge in [-0.15, -0.1) is 47.0 Å². The summed E-state index contributed by atoms with van der Waals surface area (Å²) in [6, 6.07) is 0. The van der Waals surface area contributed by atoms with Crippen molar-refractivity contribution in [2.45, 2.75) is 33.5 Å². The predicted molar refractivity (Wildman–Crippen MR) is 107 cm³/mol. The fourth-order valence-corrected chi connectivity index (χ4v) is 9.46. The highest BCUT2D eigenvalue weighted by atomic mass is 32.2. The summed E-state index contributed by atoms with van der Waals surface area (Å²) in [5, 5.41) is 0.676. The van der Waals surface area contributed by atoms with Gasteiger partial charge in [0.25, 0.3) is 0 Å². The number of esters is 2. The molecule has 0 aliphatic carbocycles.